The smallest absolute Gasteiger partial charge is 0.282 e. The lowest BCUT2D eigenvalue weighted by Gasteiger charge is -2.07. The number of rotatable bonds is 43. The van der Waals surface area contributed by atoms with Gasteiger partial charge in [0.1, 0.15) is 0 Å². The Labute approximate surface area is 333 Å². The molecular formula is C49H92O3S. The number of hydrogen-bond acceptors (Lipinski definition) is 2. The molecule has 0 saturated carbocycles. The Hall–Kier alpha value is -0.870. The van der Waals surface area contributed by atoms with E-state index in [1.54, 1.807) is 6.07 Å². The molecule has 0 heterocycles. The highest BCUT2D eigenvalue weighted by molar-refractivity contribution is 7.85. The van der Waals surface area contributed by atoms with Gasteiger partial charge in [-0.2, -0.15) is 8.42 Å². The van der Waals surface area contributed by atoms with E-state index >= 15 is 0 Å². The van der Waals surface area contributed by atoms with Crippen molar-refractivity contribution in [1.82, 2.24) is 0 Å². The van der Waals surface area contributed by atoms with E-state index in [-0.39, 0.29) is 4.90 Å². The van der Waals surface area contributed by atoms with Crippen molar-refractivity contribution in [3.8, 4) is 0 Å². The van der Waals surface area contributed by atoms with Gasteiger partial charge in [0, 0.05) is 0 Å². The van der Waals surface area contributed by atoms with Crippen LogP contribution in [-0.4, -0.2) is 13.0 Å². The Balaban J connectivity index is 1.66. The third-order valence-corrected chi connectivity index (χ3v) is 12.8. The Kier molecular flexibility index (Phi) is 37.3. The van der Waals surface area contributed by atoms with Gasteiger partial charge in [0.25, 0.3) is 10.1 Å². The molecule has 53 heavy (non-hydrogen) atoms. The molecule has 0 spiro atoms. The van der Waals surface area contributed by atoms with Crippen LogP contribution in [0.3, 0.4) is 0 Å². The van der Waals surface area contributed by atoms with Gasteiger partial charge in [0.15, 0.2) is 0 Å². The summed E-state index contributed by atoms with van der Waals surface area (Å²) in [5.74, 6) is 0. The van der Waals surface area contributed by atoms with E-state index < -0.39 is 10.1 Å². The van der Waals surface area contributed by atoms with Gasteiger partial charge in [-0.15, -0.1) is 0 Å². The summed E-state index contributed by atoms with van der Waals surface area (Å²) in [7, 11) is -4.12. The van der Waals surface area contributed by atoms with Crippen LogP contribution in [0.2, 0.25) is 0 Å². The molecule has 1 aromatic rings. The van der Waals surface area contributed by atoms with Gasteiger partial charge in [-0.3, -0.25) is 4.55 Å². The summed E-state index contributed by atoms with van der Waals surface area (Å²) < 4.78 is 32.4. The Bertz CT molecular complexity index is 974. The summed E-state index contributed by atoms with van der Waals surface area (Å²) in [4.78, 5) is 0.0712. The highest BCUT2D eigenvalue weighted by Crippen LogP contribution is 2.20. The maximum absolute atomic E-state index is 11.5. The zero-order valence-corrected chi connectivity index (χ0v) is 36.5. The fraction of sp³-hybridized carbons (Fsp3) is 0.878. The van der Waals surface area contributed by atoms with Gasteiger partial charge in [-0.25, -0.2) is 0 Å². The van der Waals surface area contributed by atoms with Crippen LogP contribution in [-0.2, 0) is 16.5 Å². The Morgan fingerprint density at radius 2 is 0.547 bits per heavy atom. The molecule has 0 fully saturated rings. The molecule has 0 unspecified atom stereocenters. The minimum atomic E-state index is -4.12. The topological polar surface area (TPSA) is 54.4 Å². The third kappa shape index (κ3) is 35.3. The molecule has 4 heteroatoms. The molecule has 1 aromatic carbocycles. The monoisotopic (exact) mass is 761 g/mol. The van der Waals surface area contributed by atoms with Gasteiger partial charge < -0.3 is 0 Å². The van der Waals surface area contributed by atoms with Crippen molar-refractivity contribution in [2.75, 3.05) is 0 Å². The van der Waals surface area contributed by atoms with Crippen LogP contribution in [0.4, 0.5) is 0 Å². The van der Waals surface area contributed by atoms with E-state index in [2.05, 4.69) is 6.92 Å². The lowest BCUT2D eigenvalue weighted by molar-refractivity contribution is 0.481. The molecule has 0 aromatic heterocycles. The summed E-state index contributed by atoms with van der Waals surface area (Å²) in [5.41, 5.74) is 0.738. The lowest BCUT2D eigenvalue weighted by atomic mass is 10.0. The van der Waals surface area contributed by atoms with E-state index in [1.807, 2.05) is 12.1 Å². The largest absolute Gasteiger partial charge is 0.294 e. The second-order valence-corrected chi connectivity index (χ2v) is 18.4. The molecular weight excluding hydrogens is 669 g/mol. The number of unbranched alkanes of at least 4 members (excludes halogenated alkanes) is 40. The standard InChI is InChI=1S/C49H92O3S/c1-2-3-4-5-6-7-8-9-10-11-12-13-14-15-16-17-18-19-20-21-22-23-24-25-26-27-28-29-30-31-32-33-34-35-36-37-38-39-40-41-42-45-48-46-43-44-47-49(48)53(50,51)52/h43-44,46-47H,2-42,45H2,1H3,(H,50,51,52). The van der Waals surface area contributed by atoms with Gasteiger partial charge in [0.05, 0.1) is 4.90 Å². The molecule has 1 rings (SSSR count). The predicted molar refractivity (Wildman–Crippen MR) is 235 cm³/mol. The average molecular weight is 761 g/mol. The molecule has 0 atom stereocenters. The highest BCUT2D eigenvalue weighted by atomic mass is 32.2. The molecule has 3 nitrogen and oxygen atoms in total. The number of benzene rings is 1. The van der Waals surface area contributed by atoms with Crippen molar-refractivity contribution in [1.29, 1.82) is 0 Å². The van der Waals surface area contributed by atoms with Gasteiger partial charge in [0.2, 0.25) is 0 Å². The fourth-order valence-electron chi connectivity index (χ4n) is 8.24. The van der Waals surface area contributed by atoms with E-state index in [0.29, 0.717) is 0 Å². The van der Waals surface area contributed by atoms with E-state index in [1.165, 1.54) is 256 Å². The second kappa shape index (κ2) is 39.4. The van der Waals surface area contributed by atoms with Gasteiger partial charge in [-0.05, 0) is 24.5 Å². The summed E-state index contributed by atoms with van der Waals surface area (Å²) in [5, 5.41) is 0. The zero-order chi connectivity index (χ0) is 38.2. The molecule has 0 aliphatic rings. The molecule has 1 N–H and O–H groups in total. The van der Waals surface area contributed by atoms with Crippen LogP contribution in [0.1, 0.15) is 276 Å². The molecule has 0 saturated heterocycles. The van der Waals surface area contributed by atoms with Crippen molar-refractivity contribution >= 4 is 10.1 Å². The second-order valence-electron chi connectivity index (χ2n) is 17.0. The van der Waals surface area contributed by atoms with Crippen LogP contribution in [0.5, 0.6) is 0 Å². The van der Waals surface area contributed by atoms with E-state index in [0.717, 1.165) is 24.8 Å². The van der Waals surface area contributed by atoms with Crippen LogP contribution in [0.15, 0.2) is 29.2 Å². The first kappa shape index (κ1) is 50.1. The van der Waals surface area contributed by atoms with Crippen molar-refractivity contribution in [2.45, 2.75) is 281 Å². The maximum atomic E-state index is 11.5. The minimum Gasteiger partial charge on any atom is -0.282 e. The Morgan fingerprint density at radius 1 is 0.340 bits per heavy atom. The van der Waals surface area contributed by atoms with Crippen molar-refractivity contribution in [2.24, 2.45) is 0 Å². The summed E-state index contributed by atoms with van der Waals surface area (Å²) in [6, 6.07) is 6.82. The Morgan fingerprint density at radius 3 is 0.774 bits per heavy atom. The van der Waals surface area contributed by atoms with Crippen molar-refractivity contribution in [3.05, 3.63) is 29.8 Å². The summed E-state index contributed by atoms with van der Waals surface area (Å²) in [6.45, 7) is 2.31. The van der Waals surface area contributed by atoms with Gasteiger partial charge >= 0.3 is 0 Å². The minimum absolute atomic E-state index is 0.0712. The highest BCUT2D eigenvalue weighted by Gasteiger charge is 2.13. The fourth-order valence-corrected chi connectivity index (χ4v) is 9.00. The molecule has 0 aliphatic heterocycles. The first-order chi connectivity index (χ1) is 26.1. The summed E-state index contributed by atoms with van der Waals surface area (Å²) in [6.07, 6.45) is 59.0. The normalized spacial score (nSPS) is 11.9. The van der Waals surface area contributed by atoms with E-state index in [4.69, 9.17) is 0 Å². The van der Waals surface area contributed by atoms with E-state index in [9.17, 15) is 13.0 Å². The SMILES string of the molecule is CCCCCCCCCCCCCCCCCCCCCCCCCCCCCCCCCCCCCCCCCCCc1ccccc1S(=O)(=O)O. The van der Waals surface area contributed by atoms with Crippen LogP contribution >= 0.6 is 0 Å². The molecule has 0 amide bonds. The number of hydrogen-bond donors (Lipinski definition) is 1. The predicted octanol–water partition coefficient (Wildman–Crippen LogP) is 17.5. The molecule has 0 radical (unpaired) electrons. The first-order valence-corrected chi connectivity index (χ1v) is 25.5. The maximum Gasteiger partial charge on any atom is 0.294 e. The lowest BCUT2D eigenvalue weighted by Crippen LogP contribution is -2.03. The molecule has 312 valence electrons. The first-order valence-electron chi connectivity index (χ1n) is 24.1. The van der Waals surface area contributed by atoms with Crippen molar-refractivity contribution in [3.63, 3.8) is 0 Å². The average Bonchev–Trinajstić information content (AvgIpc) is 3.15. The number of aryl methyl sites for hydroxylation is 1. The quantitative estimate of drug-likeness (QED) is 0.0533. The summed E-state index contributed by atoms with van der Waals surface area (Å²) >= 11 is 0. The van der Waals surface area contributed by atoms with Crippen LogP contribution in [0.25, 0.3) is 0 Å². The van der Waals surface area contributed by atoms with Crippen LogP contribution < -0.4 is 0 Å². The van der Waals surface area contributed by atoms with Crippen molar-refractivity contribution < 1.29 is 13.0 Å². The zero-order valence-electron chi connectivity index (χ0n) is 35.7. The third-order valence-electron chi connectivity index (χ3n) is 11.8. The van der Waals surface area contributed by atoms with Crippen LogP contribution in [0, 0.1) is 0 Å². The molecule has 0 aliphatic carbocycles. The molecule has 0 bridgehead atoms. The van der Waals surface area contributed by atoms with Gasteiger partial charge in [-0.1, -0.05) is 282 Å².